The minimum absolute atomic E-state index is 0.116. The molecule has 0 radical (unpaired) electrons. The van der Waals surface area contributed by atoms with E-state index in [4.69, 9.17) is 4.74 Å². The molecule has 0 heterocycles. The van der Waals surface area contributed by atoms with Crippen LogP contribution in [0.3, 0.4) is 0 Å². The van der Waals surface area contributed by atoms with Crippen molar-refractivity contribution in [3.63, 3.8) is 0 Å². The number of carbonyl (C=O) groups is 3. The van der Waals surface area contributed by atoms with Crippen LogP contribution in [-0.2, 0) is 33.3 Å². The summed E-state index contributed by atoms with van der Waals surface area (Å²) in [6.07, 6.45) is -4.54. The Kier molecular flexibility index (Phi) is 7.83. The lowest BCUT2D eigenvalue weighted by molar-refractivity contribution is -0.145. The fraction of sp³-hybridized carbons (Fsp3) is 0.192. The van der Waals surface area contributed by atoms with Crippen LogP contribution in [0.4, 0.5) is 13.2 Å². The number of ether oxygens (including phenoxy) is 1. The summed E-state index contributed by atoms with van der Waals surface area (Å²) in [7, 11) is 1.19. The first-order valence-electron chi connectivity index (χ1n) is 10.4. The summed E-state index contributed by atoms with van der Waals surface area (Å²) in [4.78, 5) is 37.2. The van der Waals surface area contributed by atoms with Gasteiger partial charge in [-0.05, 0) is 23.3 Å². The summed E-state index contributed by atoms with van der Waals surface area (Å²) in [5.41, 5.74) is 1.29. The first-order chi connectivity index (χ1) is 16.2. The Morgan fingerprint density at radius 1 is 0.824 bits per heavy atom. The van der Waals surface area contributed by atoms with Crippen LogP contribution in [0.25, 0.3) is 0 Å². The Hall–Kier alpha value is -3.94. The van der Waals surface area contributed by atoms with Crippen LogP contribution in [0.5, 0.6) is 0 Å². The smallest absolute Gasteiger partial charge is 0.416 e. The summed E-state index contributed by atoms with van der Waals surface area (Å²) in [6.45, 7) is 0. The molecule has 3 rings (SSSR count). The van der Waals surface area contributed by atoms with Gasteiger partial charge < -0.3 is 10.1 Å². The topological polar surface area (TPSA) is 72.5 Å². The SMILES string of the molecule is COC(=O)[C@@H](Cc1ccc(C(=O)c2ccccc2)cc1)NC(=O)Cc1ccc(C(F)(F)F)cc1. The second-order valence-corrected chi connectivity index (χ2v) is 7.61. The number of amides is 1. The Morgan fingerprint density at radius 3 is 1.94 bits per heavy atom. The number of methoxy groups -OCH3 is 1. The molecule has 5 nitrogen and oxygen atoms in total. The van der Waals surface area contributed by atoms with Gasteiger partial charge in [0.15, 0.2) is 5.78 Å². The van der Waals surface area contributed by atoms with E-state index in [1.807, 2.05) is 6.07 Å². The van der Waals surface area contributed by atoms with E-state index in [0.717, 1.165) is 12.1 Å². The molecule has 0 aliphatic carbocycles. The second kappa shape index (κ2) is 10.8. The summed E-state index contributed by atoms with van der Waals surface area (Å²) >= 11 is 0. The van der Waals surface area contributed by atoms with E-state index in [1.54, 1.807) is 48.5 Å². The van der Waals surface area contributed by atoms with Crippen LogP contribution in [0.15, 0.2) is 78.9 Å². The number of nitrogens with one attached hydrogen (secondary N) is 1. The average Bonchev–Trinajstić information content (AvgIpc) is 2.83. The highest BCUT2D eigenvalue weighted by atomic mass is 19.4. The molecule has 3 aromatic rings. The van der Waals surface area contributed by atoms with Crippen LogP contribution >= 0.6 is 0 Å². The zero-order valence-corrected chi connectivity index (χ0v) is 18.3. The van der Waals surface area contributed by atoms with Crippen LogP contribution in [-0.4, -0.2) is 30.8 Å². The summed E-state index contributed by atoms with van der Waals surface area (Å²) in [5, 5.41) is 2.57. The number of benzene rings is 3. The number of alkyl halides is 3. The number of hydrogen-bond acceptors (Lipinski definition) is 4. The maximum absolute atomic E-state index is 12.7. The van der Waals surface area contributed by atoms with Gasteiger partial charge in [0.1, 0.15) is 6.04 Å². The molecule has 3 aromatic carbocycles. The van der Waals surface area contributed by atoms with E-state index in [-0.39, 0.29) is 18.6 Å². The highest BCUT2D eigenvalue weighted by molar-refractivity contribution is 6.08. The molecule has 0 spiro atoms. The van der Waals surface area contributed by atoms with Crippen molar-refractivity contribution in [1.82, 2.24) is 5.32 Å². The number of rotatable bonds is 8. The molecule has 1 N–H and O–H groups in total. The van der Waals surface area contributed by atoms with Crippen molar-refractivity contribution >= 4 is 17.7 Å². The highest BCUT2D eigenvalue weighted by Crippen LogP contribution is 2.29. The quantitative estimate of drug-likeness (QED) is 0.393. The fourth-order valence-corrected chi connectivity index (χ4v) is 3.36. The number of ketones is 1. The molecule has 0 fully saturated rings. The molecule has 0 bridgehead atoms. The van der Waals surface area contributed by atoms with Crippen molar-refractivity contribution in [1.29, 1.82) is 0 Å². The zero-order valence-electron chi connectivity index (χ0n) is 18.3. The van der Waals surface area contributed by atoms with E-state index < -0.39 is 29.7 Å². The lowest BCUT2D eigenvalue weighted by atomic mass is 9.99. The lowest BCUT2D eigenvalue weighted by Gasteiger charge is -2.17. The van der Waals surface area contributed by atoms with Gasteiger partial charge in [0, 0.05) is 17.5 Å². The van der Waals surface area contributed by atoms with E-state index in [2.05, 4.69) is 5.32 Å². The molecule has 1 atom stereocenters. The molecule has 0 saturated carbocycles. The number of hydrogen-bond donors (Lipinski definition) is 1. The molecular weight excluding hydrogens is 447 g/mol. The predicted octanol–water partition coefficient (Wildman–Crippen LogP) is 4.38. The lowest BCUT2D eigenvalue weighted by Crippen LogP contribution is -2.43. The second-order valence-electron chi connectivity index (χ2n) is 7.61. The van der Waals surface area contributed by atoms with Gasteiger partial charge in [-0.2, -0.15) is 13.2 Å². The van der Waals surface area contributed by atoms with Crippen molar-refractivity contribution in [2.75, 3.05) is 7.11 Å². The number of halogens is 3. The molecule has 34 heavy (non-hydrogen) atoms. The van der Waals surface area contributed by atoms with Gasteiger partial charge in [0.25, 0.3) is 0 Å². The molecule has 1 amide bonds. The fourth-order valence-electron chi connectivity index (χ4n) is 3.36. The molecular formula is C26H22F3NO4. The standard InChI is InChI=1S/C26H22F3NO4/c1-34-25(33)22(30-23(31)16-18-9-13-21(14-10-18)26(27,28)29)15-17-7-11-20(12-8-17)24(32)19-5-3-2-4-6-19/h2-14,22H,15-16H2,1H3,(H,30,31)/t22-/m1/s1. The van der Waals surface area contributed by atoms with Gasteiger partial charge in [-0.1, -0.05) is 66.7 Å². The summed E-state index contributed by atoms with van der Waals surface area (Å²) in [6, 6.07) is 18.7. The van der Waals surface area contributed by atoms with Crippen LogP contribution in [0, 0.1) is 0 Å². The minimum atomic E-state index is -4.46. The third-order valence-corrected chi connectivity index (χ3v) is 5.16. The Labute approximate surface area is 194 Å². The van der Waals surface area contributed by atoms with E-state index in [1.165, 1.54) is 19.2 Å². The molecule has 0 aromatic heterocycles. The van der Waals surface area contributed by atoms with Crippen molar-refractivity contribution in [2.24, 2.45) is 0 Å². The Balaban J connectivity index is 1.65. The molecule has 8 heteroatoms. The predicted molar refractivity (Wildman–Crippen MR) is 119 cm³/mol. The maximum Gasteiger partial charge on any atom is 0.416 e. The van der Waals surface area contributed by atoms with E-state index >= 15 is 0 Å². The first-order valence-corrected chi connectivity index (χ1v) is 10.4. The van der Waals surface area contributed by atoms with E-state index in [0.29, 0.717) is 22.3 Å². The largest absolute Gasteiger partial charge is 0.467 e. The first kappa shape index (κ1) is 24.7. The minimum Gasteiger partial charge on any atom is -0.467 e. The van der Waals surface area contributed by atoms with Gasteiger partial charge in [-0.25, -0.2) is 4.79 Å². The van der Waals surface area contributed by atoms with Gasteiger partial charge in [0.2, 0.25) is 5.91 Å². The molecule has 0 unspecified atom stereocenters. The molecule has 0 aliphatic heterocycles. The summed E-state index contributed by atoms with van der Waals surface area (Å²) < 4.78 is 42.9. The Morgan fingerprint density at radius 2 is 1.38 bits per heavy atom. The monoisotopic (exact) mass is 469 g/mol. The van der Waals surface area contributed by atoms with E-state index in [9.17, 15) is 27.6 Å². The van der Waals surface area contributed by atoms with Gasteiger partial charge >= 0.3 is 12.1 Å². The third-order valence-electron chi connectivity index (χ3n) is 5.16. The van der Waals surface area contributed by atoms with Crippen LogP contribution in [0.2, 0.25) is 0 Å². The van der Waals surface area contributed by atoms with Crippen LogP contribution < -0.4 is 5.32 Å². The van der Waals surface area contributed by atoms with Gasteiger partial charge in [-0.3, -0.25) is 9.59 Å². The number of carbonyl (C=O) groups excluding carboxylic acids is 3. The van der Waals surface area contributed by atoms with Crippen molar-refractivity contribution in [3.05, 3.63) is 107 Å². The Bertz CT molecular complexity index is 1140. The van der Waals surface area contributed by atoms with Gasteiger partial charge in [0.05, 0.1) is 19.1 Å². The average molecular weight is 469 g/mol. The number of esters is 1. The van der Waals surface area contributed by atoms with Gasteiger partial charge in [-0.15, -0.1) is 0 Å². The highest BCUT2D eigenvalue weighted by Gasteiger charge is 2.30. The maximum atomic E-state index is 12.7. The van der Waals surface area contributed by atoms with Crippen molar-refractivity contribution in [2.45, 2.75) is 25.1 Å². The molecule has 176 valence electrons. The molecule has 0 aliphatic rings. The third kappa shape index (κ3) is 6.54. The molecule has 0 saturated heterocycles. The van der Waals surface area contributed by atoms with Crippen molar-refractivity contribution in [3.8, 4) is 0 Å². The van der Waals surface area contributed by atoms with Crippen molar-refractivity contribution < 1.29 is 32.3 Å². The zero-order chi connectivity index (χ0) is 24.7. The van der Waals surface area contributed by atoms with Crippen LogP contribution in [0.1, 0.15) is 32.6 Å². The summed E-state index contributed by atoms with van der Waals surface area (Å²) in [5.74, 6) is -1.34. The normalized spacial score (nSPS) is 12.0.